The fourth-order valence-corrected chi connectivity index (χ4v) is 3.44. The van der Waals surface area contributed by atoms with Crippen molar-refractivity contribution >= 4 is 10.0 Å². The molecular weight excluding hydrogens is 310 g/mol. The molecule has 0 atom stereocenters. The summed E-state index contributed by atoms with van der Waals surface area (Å²) in [4.78, 5) is 0. The zero-order valence-corrected chi connectivity index (χ0v) is 14.6. The van der Waals surface area contributed by atoms with E-state index in [2.05, 4.69) is 4.72 Å². The Morgan fingerprint density at radius 1 is 1.04 bits per heavy atom. The molecular formula is C18H23NO3S. The standard InChI is InChI=1S/C18H23NO3S/c1-14-12-18(22-3)15(2)11-17(14)13-19-23(20,21)10-9-16-7-5-4-6-8-16/h4-8,11-12,19H,9-10,13H2,1-3H3. The maximum Gasteiger partial charge on any atom is 0.212 e. The van der Waals surface area contributed by atoms with Crippen LogP contribution in [0.5, 0.6) is 5.75 Å². The minimum Gasteiger partial charge on any atom is -0.496 e. The second kappa shape index (κ2) is 7.62. The van der Waals surface area contributed by atoms with E-state index in [9.17, 15) is 8.42 Å². The molecule has 0 spiro atoms. The molecule has 0 aliphatic heterocycles. The van der Waals surface area contributed by atoms with Gasteiger partial charge in [0.05, 0.1) is 12.9 Å². The van der Waals surface area contributed by atoms with Crippen LogP contribution in [0.15, 0.2) is 42.5 Å². The molecule has 5 heteroatoms. The molecule has 0 saturated heterocycles. The van der Waals surface area contributed by atoms with Crippen LogP contribution in [0.1, 0.15) is 22.3 Å². The average Bonchev–Trinajstić information content (AvgIpc) is 2.54. The Hall–Kier alpha value is -1.85. The van der Waals surface area contributed by atoms with E-state index in [0.717, 1.165) is 28.0 Å². The van der Waals surface area contributed by atoms with Crippen molar-refractivity contribution in [3.63, 3.8) is 0 Å². The molecule has 124 valence electrons. The van der Waals surface area contributed by atoms with E-state index in [4.69, 9.17) is 4.74 Å². The molecule has 0 fully saturated rings. The maximum absolute atomic E-state index is 12.2. The molecule has 0 aromatic heterocycles. The number of aryl methyl sites for hydroxylation is 3. The van der Waals surface area contributed by atoms with Crippen LogP contribution in [0.2, 0.25) is 0 Å². The van der Waals surface area contributed by atoms with E-state index < -0.39 is 10.0 Å². The molecule has 2 rings (SSSR count). The van der Waals surface area contributed by atoms with E-state index in [1.165, 1.54) is 0 Å². The normalized spacial score (nSPS) is 11.4. The van der Waals surface area contributed by atoms with Crippen molar-refractivity contribution in [2.45, 2.75) is 26.8 Å². The molecule has 0 unspecified atom stereocenters. The number of hydrogen-bond donors (Lipinski definition) is 1. The number of nitrogens with one attached hydrogen (secondary N) is 1. The number of sulfonamides is 1. The highest BCUT2D eigenvalue weighted by Gasteiger charge is 2.12. The van der Waals surface area contributed by atoms with Crippen LogP contribution < -0.4 is 9.46 Å². The predicted octanol–water partition coefficient (Wildman–Crippen LogP) is 2.97. The highest BCUT2D eigenvalue weighted by molar-refractivity contribution is 7.89. The summed E-state index contributed by atoms with van der Waals surface area (Å²) in [6.07, 6.45) is 0.511. The van der Waals surface area contributed by atoms with Gasteiger partial charge in [0.2, 0.25) is 10.0 Å². The summed E-state index contributed by atoms with van der Waals surface area (Å²) in [5.41, 5.74) is 4.00. The lowest BCUT2D eigenvalue weighted by atomic mass is 10.0. The van der Waals surface area contributed by atoms with E-state index >= 15 is 0 Å². The van der Waals surface area contributed by atoms with Gasteiger partial charge < -0.3 is 4.74 Å². The Labute approximate surface area is 138 Å². The zero-order valence-electron chi connectivity index (χ0n) is 13.8. The first-order valence-corrected chi connectivity index (χ1v) is 9.22. The number of rotatable bonds is 7. The fourth-order valence-electron chi connectivity index (χ4n) is 2.42. The summed E-state index contributed by atoms with van der Waals surface area (Å²) in [6, 6.07) is 13.5. The van der Waals surface area contributed by atoms with Crippen LogP contribution in [0.4, 0.5) is 0 Å². The topological polar surface area (TPSA) is 55.4 Å². The number of methoxy groups -OCH3 is 1. The summed E-state index contributed by atoms with van der Waals surface area (Å²) in [5, 5.41) is 0. The molecule has 0 aliphatic carbocycles. The molecule has 0 saturated carbocycles. The number of ether oxygens (including phenoxy) is 1. The van der Waals surface area contributed by atoms with Gasteiger partial charge in [-0.25, -0.2) is 13.1 Å². The minimum atomic E-state index is -3.30. The molecule has 0 heterocycles. The third-order valence-electron chi connectivity index (χ3n) is 3.84. The summed E-state index contributed by atoms with van der Waals surface area (Å²) >= 11 is 0. The van der Waals surface area contributed by atoms with Gasteiger partial charge in [-0.2, -0.15) is 0 Å². The first-order chi connectivity index (χ1) is 10.9. The Balaban J connectivity index is 1.98. The Kier molecular flexibility index (Phi) is 5.80. The highest BCUT2D eigenvalue weighted by Crippen LogP contribution is 2.22. The molecule has 0 bridgehead atoms. The van der Waals surface area contributed by atoms with Gasteiger partial charge in [-0.1, -0.05) is 36.4 Å². The monoisotopic (exact) mass is 333 g/mol. The van der Waals surface area contributed by atoms with Gasteiger partial charge in [0, 0.05) is 6.54 Å². The largest absolute Gasteiger partial charge is 0.496 e. The average molecular weight is 333 g/mol. The van der Waals surface area contributed by atoms with Gasteiger partial charge in [-0.05, 0) is 48.6 Å². The summed E-state index contributed by atoms with van der Waals surface area (Å²) < 4.78 is 32.3. The van der Waals surface area contributed by atoms with Crippen LogP contribution in [0.25, 0.3) is 0 Å². The van der Waals surface area contributed by atoms with Crippen molar-refractivity contribution in [1.29, 1.82) is 0 Å². The molecule has 23 heavy (non-hydrogen) atoms. The second-order valence-electron chi connectivity index (χ2n) is 5.62. The van der Waals surface area contributed by atoms with Crippen molar-refractivity contribution in [3.8, 4) is 5.75 Å². The van der Waals surface area contributed by atoms with Crippen molar-refractivity contribution in [2.75, 3.05) is 12.9 Å². The molecule has 4 nitrogen and oxygen atoms in total. The first kappa shape index (κ1) is 17.5. The maximum atomic E-state index is 12.2. The first-order valence-electron chi connectivity index (χ1n) is 7.56. The van der Waals surface area contributed by atoms with Crippen LogP contribution in [0, 0.1) is 13.8 Å². The minimum absolute atomic E-state index is 0.0885. The van der Waals surface area contributed by atoms with Crippen molar-refractivity contribution in [1.82, 2.24) is 4.72 Å². The molecule has 1 N–H and O–H groups in total. The third kappa shape index (κ3) is 5.08. The smallest absolute Gasteiger partial charge is 0.212 e. The summed E-state index contributed by atoms with van der Waals surface area (Å²) in [6.45, 7) is 4.20. The van der Waals surface area contributed by atoms with E-state index in [0.29, 0.717) is 13.0 Å². The van der Waals surface area contributed by atoms with Crippen LogP contribution in [-0.2, 0) is 23.0 Å². The zero-order chi connectivity index (χ0) is 16.9. The molecule has 0 aliphatic rings. The Morgan fingerprint density at radius 2 is 1.74 bits per heavy atom. The second-order valence-corrected chi connectivity index (χ2v) is 7.55. The quantitative estimate of drug-likeness (QED) is 0.847. The number of hydrogen-bond acceptors (Lipinski definition) is 3. The molecule has 2 aromatic rings. The third-order valence-corrected chi connectivity index (χ3v) is 5.16. The lowest BCUT2D eigenvalue weighted by Gasteiger charge is -2.12. The van der Waals surface area contributed by atoms with E-state index in [-0.39, 0.29) is 5.75 Å². The molecule has 0 radical (unpaired) electrons. The highest BCUT2D eigenvalue weighted by atomic mass is 32.2. The van der Waals surface area contributed by atoms with Gasteiger partial charge in [0.1, 0.15) is 5.75 Å². The van der Waals surface area contributed by atoms with E-state index in [1.807, 2.05) is 56.3 Å². The Bertz CT molecular complexity index is 755. The SMILES string of the molecule is COc1cc(C)c(CNS(=O)(=O)CCc2ccccc2)cc1C. The Morgan fingerprint density at radius 3 is 2.39 bits per heavy atom. The lowest BCUT2D eigenvalue weighted by Crippen LogP contribution is -2.27. The van der Waals surface area contributed by atoms with Crippen molar-refractivity contribution < 1.29 is 13.2 Å². The van der Waals surface area contributed by atoms with Crippen LogP contribution >= 0.6 is 0 Å². The van der Waals surface area contributed by atoms with Crippen LogP contribution in [0.3, 0.4) is 0 Å². The van der Waals surface area contributed by atoms with Crippen molar-refractivity contribution in [3.05, 3.63) is 64.7 Å². The predicted molar refractivity (Wildman–Crippen MR) is 93.2 cm³/mol. The fraction of sp³-hybridized carbons (Fsp3) is 0.333. The molecule has 2 aromatic carbocycles. The van der Waals surface area contributed by atoms with Gasteiger partial charge in [-0.15, -0.1) is 0 Å². The van der Waals surface area contributed by atoms with Gasteiger partial charge >= 0.3 is 0 Å². The van der Waals surface area contributed by atoms with Gasteiger partial charge in [0.15, 0.2) is 0 Å². The van der Waals surface area contributed by atoms with Crippen molar-refractivity contribution in [2.24, 2.45) is 0 Å². The summed E-state index contributed by atoms with van der Waals surface area (Å²) in [5.74, 6) is 0.906. The van der Waals surface area contributed by atoms with Gasteiger partial charge in [-0.3, -0.25) is 0 Å². The van der Waals surface area contributed by atoms with E-state index in [1.54, 1.807) is 7.11 Å². The van der Waals surface area contributed by atoms with Gasteiger partial charge in [0.25, 0.3) is 0 Å². The van der Waals surface area contributed by atoms with Crippen LogP contribution in [-0.4, -0.2) is 21.3 Å². The lowest BCUT2D eigenvalue weighted by molar-refractivity contribution is 0.411. The summed E-state index contributed by atoms with van der Waals surface area (Å²) in [7, 11) is -1.67. The molecule has 0 amide bonds. The number of benzene rings is 2.